The highest BCUT2D eigenvalue weighted by Crippen LogP contribution is 2.25. The van der Waals surface area contributed by atoms with Crippen LogP contribution in [0.1, 0.15) is 5.69 Å². The number of amidine groups is 1. The lowest BCUT2D eigenvalue weighted by atomic mass is 10.3. The Balaban J connectivity index is 2.22. The second kappa shape index (κ2) is 6.85. The van der Waals surface area contributed by atoms with Gasteiger partial charge in [0.05, 0.1) is 15.9 Å². The Bertz CT molecular complexity index is 726. The monoisotopic (exact) mass is 390 g/mol. The quantitative estimate of drug-likeness (QED) is 0.307. The van der Waals surface area contributed by atoms with Gasteiger partial charge >= 0.3 is 5.97 Å². The van der Waals surface area contributed by atoms with Gasteiger partial charge in [0.2, 0.25) is 0 Å². The summed E-state index contributed by atoms with van der Waals surface area (Å²) in [5, 5.41) is 34.0. The zero-order valence-electron chi connectivity index (χ0n) is 10.7. The molecule has 1 heterocycles. The van der Waals surface area contributed by atoms with Crippen LogP contribution in [0.2, 0.25) is 0 Å². The molecule has 2 rings (SSSR count). The Morgan fingerprint density at radius 1 is 1.50 bits per heavy atom. The van der Waals surface area contributed by atoms with Crippen LogP contribution in [0.15, 0.2) is 32.3 Å². The first-order valence-electron chi connectivity index (χ1n) is 5.60. The van der Waals surface area contributed by atoms with Gasteiger partial charge in [0.25, 0.3) is 0 Å². The Hall–Kier alpha value is -1.98. The standard InChI is InChI=1S/C11H8BrFN4O4S/c12-6-3-5(1-2-7(6)13)17(20)10(14)9-11(16-21-15-9)22-4-8(18)19/h1-3,14,20H,4H2,(H,18,19). The number of halogens is 2. The number of carboxylic acid groups (broad SMARTS) is 1. The second-order valence-electron chi connectivity index (χ2n) is 3.86. The van der Waals surface area contributed by atoms with E-state index < -0.39 is 17.6 Å². The Morgan fingerprint density at radius 3 is 2.86 bits per heavy atom. The van der Waals surface area contributed by atoms with Crippen LogP contribution >= 0.6 is 27.7 Å². The van der Waals surface area contributed by atoms with Gasteiger partial charge in [-0.15, -0.1) is 0 Å². The highest BCUT2D eigenvalue weighted by atomic mass is 79.9. The number of carbonyl (C=O) groups is 1. The van der Waals surface area contributed by atoms with E-state index in [-0.39, 0.29) is 26.6 Å². The molecule has 0 unspecified atom stereocenters. The molecule has 0 aliphatic carbocycles. The summed E-state index contributed by atoms with van der Waals surface area (Å²) in [4.78, 5) is 10.5. The molecule has 0 fully saturated rings. The molecule has 0 saturated heterocycles. The zero-order valence-corrected chi connectivity index (χ0v) is 13.1. The van der Waals surface area contributed by atoms with E-state index in [0.717, 1.165) is 17.8 Å². The van der Waals surface area contributed by atoms with Crippen molar-refractivity contribution >= 4 is 45.2 Å². The number of benzene rings is 1. The minimum atomic E-state index is -1.08. The summed E-state index contributed by atoms with van der Waals surface area (Å²) in [6.07, 6.45) is 0. The van der Waals surface area contributed by atoms with E-state index in [2.05, 4.69) is 30.9 Å². The number of hydroxylamine groups is 1. The van der Waals surface area contributed by atoms with Gasteiger partial charge in [-0.1, -0.05) is 11.8 Å². The number of rotatable bonds is 5. The summed E-state index contributed by atoms with van der Waals surface area (Å²) in [6.45, 7) is 0. The predicted molar refractivity (Wildman–Crippen MR) is 77.9 cm³/mol. The third-order valence-corrected chi connectivity index (χ3v) is 3.91. The molecule has 0 atom stereocenters. The van der Waals surface area contributed by atoms with Crippen molar-refractivity contribution in [2.24, 2.45) is 0 Å². The first kappa shape index (κ1) is 16.4. The molecule has 8 nitrogen and oxygen atoms in total. The van der Waals surface area contributed by atoms with Crippen LogP contribution in [0.4, 0.5) is 10.1 Å². The molecule has 0 aliphatic rings. The Kier molecular flexibility index (Phi) is 5.11. The van der Waals surface area contributed by atoms with Crippen molar-refractivity contribution in [2.75, 3.05) is 10.8 Å². The first-order chi connectivity index (χ1) is 10.4. The van der Waals surface area contributed by atoms with Crippen molar-refractivity contribution in [3.05, 3.63) is 34.2 Å². The number of carboxylic acids is 1. The predicted octanol–water partition coefficient (Wildman–Crippen LogP) is 2.37. The van der Waals surface area contributed by atoms with E-state index in [1.54, 1.807) is 0 Å². The van der Waals surface area contributed by atoms with E-state index in [1.807, 2.05) is 0 Å². The lowest BCUT2D eigenvalue weighted by molar-refractivity contribution is -0.133. The molecule has 116 valence electrons. The summed E-state index contributed by atoms with van der Waals surface area (Å²) >= 11 is 3.76. The molecule has 0 spiro atoms. The van der Waals surface area contributed by atoms with Gasteiger partial charge in [-0.25, -0.2) is 14.1 Å². The summed E-state index contributed by atoms with van der Waals surface area (Å²) < 4.78 is 17.8. The van der Waals surface area contributed by atoms with E-state index in [4.69, 9.17) is 10.5 Å². The maximum atomic E-state index is 13.2. The van der Waals surface area contributed by atoms with Gasteiger partial charge in [0, 0.05) is 0 Å². The zero-order chi connectivity index (χ0) is 16.3. The smallest absolute Gasteiger partial charge is 0.313 e. The van der Waals surface area contributed by atoms with Crippen molar-refractivity contribution in [3.63, 3.8) is 0 Å². The largest absolute Gasteiger partial charge is 0.481 e. The number of hydrogen-bond donors (Lipinski definition) is 3. The van der Waals surface area contributed by atoms with Gasteiger partial charge in [0.15, 0.2) is 16.6 Å². The maximum Gasteiger partial charge on any atom is 0.313 e. The molecular weight excluding hydrogens is 383 g/mol. The van der Waals surface area contributed by atoms with Crippen LogP contribution in [0.3, 0.4) is 0 Å². The van der Waals surface area contributed by atoms with E-state index in [1.165, 1.54) is 12.1 Å². The average molecular weight is 391 g/mol. The molecule has 22 heavy (non-hydrogen) atoms. The molecule has 0 bridgehead atoms. The van der Waals surface area contributed by atoms with Crippen molar-refractivity contribution < 1.29 is 24.1 Å². The van der Waals surface area contributed by atoms with E-state index in [0.29, 0.717) is 5.06 Å². The van der Waals surface area contributed by atoms with Crippen molar-refractivity contribution in [3.8, 4) is 0 Å². The van der Waals surface area contributed by atoms with Crippen LogP contribution < -0.4 is 5.06 Å². The molecule has 3 N–H and O–H groups in total. The molecule has 0 amide bonds. The van der Waals surface area contributed by atoms with Crippen LogP contribution in [0.5, 0.6) is 0 Å². The summed E-state index contributed by atoms with van der Waals surface area (Å²) in [5.74, 6) is -2.40. The number of aliphatic carboxylic acids is 1. The molecule has 2 aromatic rings. The fourth-order valence-electron chi connectivity index (χ4n) is 1.40. The SMILES string of the molecule is N=C(c1nonc1SCC(=O)O)N(O)c1ccc(F)c(Br)c1. The maximum absolute atomic E-state index is 13.2. The van der Waals surface area contributed by atoms with Crippen LogP contribution in [0.25, 0.3) is 0 Å². The van der Waals surface area contributed by atoms with E-state index >= 15 is 0 Å². The average Bonchev–Trinajstić information content (AvgIpc) is 2.94. The van der Waals surface area contributed by atoms with Gasteiger partial charge in [0.1, 0.15) is 5.82 Å². The fourth-order valence-corrected chi connectivity index (χ4v) is 2.38. The molecule has 1 aromatic carbocycles. The lowest BCUT2D eigenvalue weighted by Crippen LogP contribution is -2.28. The van der Waals surface area contributed by atoms with Gasteiger partial charge < -0.3 is 5.11 Å². The first-order valence-corrected chi connectivity index (χ1v) is 7.38. The minimum Gasteiger partial charge on any atom is -0.481 e. The van der Waals surface area contributed by atoms with Crippen LogP contribution in [0, 0.1) is 11.2 Å². The number of nitrogens with one attached hydrogen (secondary N) is 1. The molecule has 0 aliphatic heterocycles. The third kappa shape index (κ3) is 3.61. The van der Waals surface area contributed by atoms with E-state index in [9.17, 15) is 14.4 Å². The second-order valence-corrected chi connectivity index (χ2v) is 5.68. The highest BCUT2D eigenvalue weighted by Gasteiger charge is 2.22. The highest BCUT2D eigenvalue weighted by molar-refractivity contribution is 9.10. The lowest BCUT2D eigenvalue weighted by Gasteiger charge is -2.16. The summed E-state index contributed by atoms with van der Waals surface area (Å²) in [6, 6.07) is 3.63. The molecule has 0 saturated carbocycles. The molecule has 11 heteroatoms. The topological polar surface area (TPSA) is 124 Å². The number of hydrogen-bond acceptors (Lipinski definition) is 7. The Morgan fingerprint density at radius 2 is 2.23 bits per heavy atom. The minimum absolute atomic E-state index is 0.0487. The Labute approximate surface area is 135 Å². The number of nitrogens with zero attached hydrogens (tertiary/aromatic N) is 3. The van der Waals surface area contributed by atoms with Crippen molar-refractivity contribution in [1.29, 1.82) is 5.41 Å². The van der Waals surface area contributed by atoms with Gasteiger partial charge in [-0.3, -0.25) is 15.4 Å². The normalized spacial score (nSPS) is 10.5. The van der Waals surface area contributed by atoms with Crippen molar-refractivity contribution in [2.45, 2.75) is 5.03 Å². The van der Waals surface area contributed by atoms with Crippen molar-refractivity contribution in [1.82, 2.24) is 10.3 Å². The third-order valence-electron chi connectivity index (χ3n) is 2.37. The summed E-state index contributed by atoms with van der Waals surface area (Å²) in [5.41, 5.74) is -0.0235. The fraction of sp³-hybridized carbons (Fsp3) is 0.0909. The molecule has 0 radical (unpaired) electrons. The molecular formula is C11H8BrFN4O4S. The summed E-state index contributed by atoms with van der Waals surface area (Å²) in [7, 11) is 0. The van der Waals surface area contributed by atoms with Gasteiger partial charge in [-0.05, 0) is 44.4 Å². The van der Waals surface area contributed by atoms with Crippen LogP contribution in [-0.2, 0) is 4.79 Å². The molecule has 1 aromatic heterocycles. The number of aromatic nitrogens is 2. The van der Waals surface area contributed by atoms with Gasteiger partial charge in [-0.2, -0.15) is 0 Å². The van der Waals surface area contributed by atoms with Crippen LogP contribution in [-0.4, -0.2) is 38.2 Å². The number of thioether (sulfide) groups is 1. The number of anilines is 1.